The van der Waals surface area contributed by atoms with Gasteiger partial charge in [0.25, 0.3) is 10.0 Å². The standard InChI is InChI=1S/C36H36Cl3N3O4S/c1-25-15-17-32(18-16-25)47(45,46)42(31-21-28(37)20-29(38)22-31)24-35(43)41(23-27-11-5-8-14-33(27)39)34(19-26-9-3-2-4-10-26)36(44)40-30-12-6-7-13-30/h2-5,8-11,14-18,20-22,30,34H,6-7,12-13,19,23-24H2,1H3,(H,40,44)/t34-/m0/s1. The SMILES string of the molecule is Cc1ccc(S(=O)(=O)N(CC(=O)N(Cc2ccccc2Cl)[C@@H](Cc2ccccc2)C(=O)NC2CCCC2)c2cc(Cl)cc(Cl)c2)cc1. The minimum absolute atomic E-state index is 0.00468. The average molecular weight is 713 g/mol. The highest BCUT2D eigenvalue weighted by molar-refractivity contribution is 7.92. The predicted molar refractivity (Wildman–Crippen MR) is 189 cm³/mol. The van der Waals surface area contributed by atoms with E-state index in [1.807, 2.05) is 37.3 Å². The van der Waals surface area contributed by atoms with E-state index >= 15 is 0 Å². The quantitative estimate of drug-likeness (QED) is 0.162. The summed E-state index contributed by atoms with van der Waals surface area (Å²) in [4.78, 5) is 30.2. The molecule has 4 aromatic rings. The van der Waals surface area contributed by atoms with Crippen molar-refractivity contribution in [2.75, 3.05) is 10.8 Å². The van der Waals surface area contributed by atoms with Gasteiger partial charge in [0.15, 0.2) is 0 Å². The fourth-order valence-corrected chi connectivity index (χ4v) is 7.89. The average Bonchev–Trinajstić information content (AvgIpc) is 3.55. The summed E-state index contributed by atoms with van der Waals surface area (Å²) in [6.07, 6.45) is 3.97. The van der Waals surface area contributed by atoms with Gasteiger partial charge < -0.3 is 10.2 Å². The van der Waals surface area contributed by atoms with Gasteiger partial charge in [0, 0.05) is 34.1 Å². The maximum absolute atomic E-state index is 14.6. The molecule has 0 unspecified atom stereocenters. The Morgan fingerprint density at radius 1 is 0.851 bits per heavy atom. The highest BCUT2D eigenvalue weighted by atomic mass is 35.5. The van der Waals surface area contributed by atoms with E-state index < -0.39 is 28.5 Å². The summed E-state index contributed by atoms with van der Waals surface area (Å²) in [5.74, 6) is -0.904. The number of halogens is 3. The summed E-state index contributed by atoms with van der Waals surface area (Å²) in [6.45, 7) is 1.20. The van der Waals surface area contributed by atoms with Crippen LogP contribution in [0.25, 0.3) is 0 Å². The normalized spacial score (nSPS) is 14.0. The molecule has 1 saturated carbocycles. The first-order chi connectivity index (χ1) is 22.5. The smallest absolute Gasteiger partial charge is 0.264 e. The minimum atomic E-state index is -4.30. The van der Waals surface area contributed by atoms with Crippen LogP contribution in [0.15, 0.2) is 102 Å². The van der Waals surface area contributed by atoms with Gasteiger partial charge in [-0.2, -0.15) is 0 Å². The van der Waals surface area contributed by atoms with Crippen LogP contribution in [0.1, 0.15) is 42.4 Å². The molecule has 1 fully saturated rings. The molecule has 0 aromatic heterocycles. The largest absolute Gasteiger partial charge is 0.352 e. The second-order valence-corrected chi connectivity index (χ2v) is 14.9. The fraction of sp³-hybridized carbons (Fsp3) is 0.278. The molecule has 0 saturated heterocycles. The van der Waals surface area contributed by atoms with Crippen molar-refractivity contribution in [3.63, 3.8) is 0 Å². The first-order valence-electron chi connectivity index (χ1n) is 15.4. The van der Waals surface area contributed by atoms with E-state index in [9.17, 15) is 18.0 Å². The number of nitrogens with zero attached hydrogens (tertiary/aromatic N) is 2. The number of hydrogen-bond donors (Lipinski definition) is 1. The van der Waals surface area contributed by atoms with Crippen LogP contribution in [0.4, 0.5) is 5.69 Å². The van der Waals surface area contributed by atoms with E-state index in [1.54, 1.807) is 36.4 Å². The zero-order valence-electron chi connectivity index (χ0n) is 25.9. The van der Waals surface area contributed by atoms with Crippen molar-refractivity contribution in [3.8, 4) is 0 Å². The van der Waals surface area contributed by atoms with Crippen molar-refractivity contribution < 1.29 is 18.0 Å². The molecule has 0 spiro atoms. The van der Waals surface area contributed by atoms with Crippen LogP contribution >= 0.6 is 34.8 Å². The Kier molecular flexibility index (Phi) is 11.5. The molecule has 0 heterocycles. The van der Waals surface area contributed by atoms with Crippen LogP contribution in [0, 0.1) is 6.92 Å². The Morgan fingerprint density at radius 2 is 1.47 bits per heavy atom. The molecular formula is C36H36Cl3N3O4S. The van der Waals surface area contributed by atoms with E-state index in [0.29, 0.717) is 10.6 Å². The van der Waals surface area contributed by atoms with Gasteiger partial charge in [-0.05, 0) is 67.3 Å². The summed E-state index contributed by atoms with van der Waals surface area (Å²) in [5, 5.41) is 3.99. The molecule has 1 atom stereocenters. The van der Waals surface area contributed by atoms with E-state index in [0.717, 1.165) is 41.1 Å². The maximum atomic E-state index is 14.6. The summed E-state index contributed by atoms with van der Waals surface area (Å²) in [7, 11) is -4.30. The Labute approximate surface area is 291 Å². The van der Waals surface area contributed by atoms with Crippen LogP contribution < -0.4 is 9.62 Å². The second kappa shape index (κ2) is 15.6. The number of hydrogen-bond acceptors (Lipinski definition) is 4. The maximum Gasteiger partial charge on any atom is 0.264 e. The van der Waals surface area contributed by atoms with Crippen LogP contribution in [-0.2, 0) is 32.6 Å². The molecular weight excluding hydrogens is 677 g/mol. The van der Waals surface area contributed by atoms with E-state index in [1.165, 1.54) is 35.2 Å². The lowest BCUT2D eigenvalue weighted by Crippen LogP contribution is -2.54. The number of rotatable bonds is 12. The highest BCUT2D eigenvalue weighted by Crippen LogP contribution is 2.31. The number of amides is 2. The van der Waals surface area contributed by atoms with E-state index in [2.05, 4.69) is 5.32 Å². The van der Waals surface area contributed by atoms with E-state index in [4.69, 9.17) is 34.8 Å². The van der Waals surface area contributed by atoms with Crippen LogP contribution in [-0.4, -0.2) is 43.8 Å². The lowest BCUT2D eigenvalue weighted by molar-refractivity contribution is -0.140. The van der Waals surface area contributed by atoms with Crippen LogP contribution in [0.2, 0.25) is 15.1 Å². The molecule has 0 bridgehead atoms. The van der Waals surface area contributed by atoms with Gasteiger partial charge in [-0.25, -0.2) is 8.42 Å². The third-order valence-corrected chi connectivity index (χ3v) is 10.9. The third kappa shape index (κ3) is 8.87. The van der Waals surface area contributed by atoms with Gasteiger partial charge in [0.2, 0.25) is 11.8 Å². The fourth-order valence-electron chi connectivity index (χ4n) is 5.78. The molecule has 246 valence electrons. The number of sulfonamides is 1. The predicted octanol–water partition coefficient (Wildman–Crippen LogP) is 7.85. The first-order valence-corrected chi connectivity index (χ1v) is 18.0. The van der Waals surface area contributed by atoms with Gasteiger partial charge in [0.05, 0.1) is 10.6 Å². The second-order valence-electron chi connectivity index (χ2n) is 11.8. The topological polar surface area (TPSA) is 86.8 Å². The van der Waals surface area contributed by atoms with E-state index in [-0.39, 0.29) is 45.5 Å². The Morgan fingerprint density at radius 3 is 2.11 bits per heavy atom. The number of carbonyl (C=O) groups excluding carboxylic acids is 2. The minimum Gasteiger partial charge on any atom is -0.352 e. The van der Waals surface area contributed by atoms with Gasteiger partial charge in [-0.15, -0.1) is 0 Å². The van der Waals surface area contributed by atoms with Crippen molar-refractivity contribution in [3.05, 3.63) is 129 Å². The lowest BCUT2D eigenvalue weighted by atomic mass is 10.0. The number of aryl methyl sites for hydroxylation is 1. The third-order valence-electron chi connectivity index (χ3n) is 8.29. The van der Waals surface area contributed by atoms with Crippen molar-refractivity contribution in [1.82, 2.24) is 10.2 Å². The Bertz CT molecular complexity index is 1790. The number of benzene rings is 4. The molecule has 47 heavy (non-hydrogen) atoms. The van der Waals surface area contributed by atoms with Crippen molar-refractivity contribution in [1.29, 1.82) is 0 Å². The molecule has 1 aliphatic rings. The summed E-state index contributed by atoms with van der Waals surface area (Å²) >= 11 is 19.2. The summed E-state index contributed by atoms with van der Waals surface area (Å²) < 4.78 is 29.5. The Hall–Kier alpha value is -3.56. The van der Waals surface area contributed by atoms with Gasteiger partial charge >= 0.3 is 0 Å². The number of carbonyl (C=O) groups is 2. The first kappa shape index (κ1) is 34.8. The molecule has 4 aromatic carbocycles. The molecule has 2 amide bonds. The van der Waals surface area contributed by atoms with Gasteiger partial charge in [-0.3, -0.25) is 13.9 Å². The van der Waals surface area contributed by atoms with Crippen molar-refractivity contribution in [2.45, 2.75) is 62.6 Å². The molecule has 11 heteroatoms. The van der Waals surface area contributed by atoms with Gasteiger partial charge in [-0.1, -0.05) is 114 Å². The molecule has 7 nitrogen and oxygen atoms in total. The van der Waals surface area contributed by atoms with Gasteiger partial charge in [0.1, 0.15) is 12.6 Å². The molecule has 1 aliphatic carbocycles. The molecule has 0 radical (unpaired) electrons. The zero-order chi connectivity index (χ0) is 33.6. The molecule has 1 N–H and O–H groups in total. The summed E-state index contributed by atoms with van der Waals surface area (Å²) in [5.41, 5.74) is 2.46. The van der Waals surface area contributed by atoms with Crippen molar-refractivity contribution in [2.24, 2.45) is 0 Å². The molecule has 0 aliphatic heterocycles. The molecule has 5 rings (SSSR count). The summed E-state index contributed by atoms with van der Waals surface area (Å²) in [6, 6.07) is 26.3. The highest BCUT2D eigenvalue weighted by Gasteiger charge is 2.36. The Balaban J connectivity index is 1.59. The number of nitrogens with one attached hydrogen (secondary N) is 1. The lowest BCUT2D eigenvalue weighted by Gasteiger charge is -2.34. The zero-order valence-corrected chi connectivity index (χ0v) is 29.0. The van der Waals surface area contributed by atoms with Crippen molar-refractivity contribution >= 4 is 62.3 Å². The monoisotopic (exact) mass is 711 g/mol. The van der Waals surface area contributed by atoms with Crippen LogP contribution in [0.3, 0.4) is 0 Å². The number of anilines is 1. The van der Waals surface area contributed by atoms with Crippen LogP contribution in [0.5, 0.6) is 0 Å².